The van der Waals surface area contributed by atoms with Crippen molar-refractivity contribution in [3.05, 3.63) is 194 Å². The fraction of sp³-hybridized carbons (Fsp3) is 0. The minimum Gasteiger partial charge on any atom is -0.456 e. The van der Waals surface area contributed by atoms with Crippen LogP contribution in [0.3, 0.4) is 0 Å². The topological polar surface area (TPSA) is 56.7 Å². The number of nitrogens with zero attached hydrogens (tertiary/aromatic N) is 4. The number of hydrogen-bond acceptors (Lipinski definition) is 4. The van der Waals surface area contributed by atoms with Gasteiger partial charge in [0, 0.05) is 49.9 Å². The number of fused-ring (bicyclic) bond motifs is 8. The van der Waals surface area contributed by atoms with Crippen LogP contribution in [-0.4, -0.2) is 19.5 Å². The van der Waals surface area contributed by atoms with Gasteiger partial charge in [-0.25, -0.2) is 15.0 Å². The minimum atomic E-state index is 0.589. The van der Waals surface area contributed by atoms with Crippen molar-refractivity contribution >= 4 is 65.3 Å². The maximum atomic E-state index is 6.85. The molecule has 0 saturated heterocycles. The second kappa shape index (κ2) is 12.8. The average molecular weight is 741 g/mol. The quantitative estimate of drug-likeness (QED) is 0.176. The van der Waals surface area contributed by atoms with Crippen molar-refractivity contribution in [3.8, 4) is 51.0 Å². The normalized spacial score (nSPS) is 11.8. The molecule has 3 heterocycles. The summed E-state index contributed by atoms with van der Waals surface area (Å²) in [6, 6.07) is 68.2. The molecule has 0 saturated carbocycles. The van der Waals surface area contributed by atoms with Gasteiger partial charge >= 0.3 is 0 Å². The van der Waals surface area contributed by atoms with E-state index in [9.17, 15) is 0 Å². The number of para-hydroxylation sites is 1. The fourth-order valence-electron chi connectivity index (χ4n) is 8.66. The molecule has 5 heteroatoms. The minimum absolute atomic E-state index is 0.589. The summed E-state index contributed by atoms with van der Waals surface area (Å²) in [7, 11) is 0. The van der Waals surface area contributed by atoms with Gasteiger partial charge in [-0.15, -0.1) is 0 Å². The van der Waals surface area contributed by atoms with Crippen LogP contribution in [0.1, 0.15) is 0 Å². The van der Waals surface area contributed by atoms with Gasteiger partial charge < -0.3 is 8.98 Å². The van der Waals surface area contributed by atoms with Gasteiger partial charge in [-0.3, -0.25) is 0 Å². The van der Waals surface area contributed by atoms with E-state index in [-0.39, 0.29) is 0 Å². The van der Waals surface area contributed by atoms with Crippen molar-refractivity contribution < 1.29 is 4.42 Å². The van der Waals surface area contributed by atoms with Gasteiger partial charge in [0.05, 0.1) is 16.7 Å². The summed E-state index contributed by atoms with van der Waals surface area (Å²) in [4.78, 5) is 15.2. The van der Waals surface area contributed by atoms with Crippen molar-refractivity contribution in [3.63, 3.8) is 0 Å². The molecule has 0 unspecified atom stereocenters. The third-order valence-electron chi connectivity index (χ3n) is 11.4. The van der Waals surface area contributed by atoms with E-state index in [0.717, 1.165) is 66.5 Å². The van der Waals surface area contributed by atoms with Gasteiger partial charge in [0.15, 0.2) is 17.5 Å². The van der Waals surface area contributed by atoms with Crippen molar-refractivity contribution in [2.45, 2.75) is 0 Å². The van der Waals surface area contributed by atoms with Gasteiger partial charge in [-0.2, -0.15) is 0 Å². The zero-order chi connectivity index (χ0) is 38.2. The Kier molecular flexibility index (Phi) is 7.16. The van der Waals surface area contributed by atoms with E-state index in [1.807, 2.05) is 72.8 Å². The third kappa shape index (κ3) is 5.14. The maximum absolute atomic E-state index is 6.85. The van der Waals surface area contributed by atoms with Crippen LogP contribution in [0.15, 0.2) is 199 Å². The first-order valence-corrected chi connectivity index (χ1v) is 19.5. The SMILES string of the molecule is c1ccc(-c2nc(-c3ccccc3)nc(-c3cccc4oc5cc(-n6c7ccccc7c7cc8ccccc8cc76)c(-c6ccc7ccccc7c6)cc5c34)n2)cc1. The second-order valence-corrected chi connectivity index (χ2v) is 14.8. The van der Waals surface area contributed by atoms with Crippen molar-refractivity contribution in [2.24, 2.45) is 0 Å². The molecule has 12 rings (SSSR count). The Labute approximate surface area is 333 Å². The van der Waals surface area contributed by atoms with Gasteiger partial charge in [-0.05, 0) is 63.5 Å². The lowest BCUT2D eigenvalue weighted by Gasteiger charge is -2.15. The highest BCUT2D eigenvalue weighted by Crippen LogP contribution is 2.44. The molecule has 12 aromatic rings. The average Bonchev–Trinajstić information content (AvgIpc) is 3.82. The summed E-state index contributed by atoms with van der Waals surface area (Å²) >= 11 is 0. The smallest absolute Gasteiger partial charge is 0.164 e. The van der Waals surface area contributed by atoms with Gasteiger partial charge in [-0.1, -0.05) is 152 Å². The molecule has 0 atom stereocenters. The molecule has 58 heavy (non-hydrogen) atoms. The molecule has 3 aromatic heterocycles. The summed E-state index contributed by atoms with van der Waals surface area (Å²) in [5.41, 5.74) is 9.83. The van der Waals surface area contributed by atoms with Crippen molar-refractivity contribution in [1.29, 1.82) is 0 Å². The van der Waals surface area contributed by atoms with Crippen LogP contribution < -0.4 is 0 Å². The van der Waals surface area contributed by atoms with Crippen LogP contribution >= 0.6 is 0 Å². The summed E-state index contributed by atoms with van der Waals surface area (Å²) in [5.74, 6) is 1.83. The Hall–Kier alpha value is -7.89. The number of benzene rings is 9. The zero-order valence-corrected chi connectivity index (χ0v) is 31.2. The van der Waals surface area contributed by atoms with E-state index < -0.39 is 0 Å². The Morgan fingerprint density at radius 2 is 0.966 bits per heavy atom. The first-order valence-electron chi connectivity index (χ1n) is 19.5. The Balaban J connectivity index is 1.17. The highest BCUT2D eigenvalue weighted by molar-refractivity contribution is 6.16. The molecule has 5 nitrogen and oxygen atoms in total. The first-order chi connectivity index (χ1) is 28.7. The highest BCUT2D eigenvalue weighted by atomic mass is 16.3. The molecule has 0 bridgehead atoms. The summed E-state index contributed by atoms with van der Waals surface area (Å²) < 4.78 is 9.27. The van der Waals surface area contributed by atoms with Crippen LogP contribution in [-0.2, 0) is 0 Å². The second-order valence-electron chi connectivity index (χ2n) is 14.8. The van der Waals surface area contributed by atoms with E-state index >= 15 is 0 Å². The molecule has 270 valence electrons. The molecule has 0 amide bonds. The zero-order valence-electron chi connectivity index (χ0n) is 31.2. The lowest BCUT2D eigenvalue weighted by Crippen LogP contribution is -2.00. The van der Waals surface area contributed by atoms with Crippen molar-refractivity contribution in [1.82, 2.24) is 19.5 Å². The predicted octanol–water partition coefficient (Wildman–Crippen LogP) is 13.8. The molecular weight excluding hydrogens is 709 g/mol. The Morgan fingerprint density at radius 1 is 0.345 bits per heavy atom. The van der Waals surface area contributed by atoms with E-state index in [2.05, 4.69) is 126 Å². The van der Waals surface area contributed by atoms with Crippen LogP contribution in [0.4, 0.5) is 0 Å². The molecule has 0 spiro atoms. The standard InChI is InChI=1S/C53H32N4O/c1-3-15-34(16-4-1)51-54-52(35-17-5-2-6-18-35)56-53(55-51)41-23-13-25-48-50(41)44-31-42(39-27-26-33-14-7-8-19-36(33)28-39)47(32-49(44)58-48)57-45-24-12-11-22-40(45)43-29-37-20-9-10-21-38(37)30-46(43)57/h1-32H. The van der Waals surface area contributed by atoms with Gasteiger partial charge in [0.1, 0.15) is 11.2 Å². The van der Waals surface area contributed by atoms with E-state index in [1.165, 1.54) is 32.3 Å². The molecule has 9 aromatic carbocycles. The largest absolute Gasteiger partial charge is 0.456 e. The van der Waals surface area contributed by atoms with Crippen molar-refractivity contribution in [2.75, 3.05) is 0 Å². The lowest BCUT2D eigenvalue weighted by molar-refractivity contribution is 0.668. The van der Waals surface area contributed by atoms with E-state index in [4.69, 9.17) is 19.4 Å². The van der Waals surface area contributed by atoms with Crippen LogP contribution in [0.25, 0.3) is 116 Å². The molecule has 0 N–H and O–H groups in total. The molecule has 0 aliphatic rings. The lowest BCUT2D eigenvalue weighted by atomic mass is 9.96. The van der Waals surface area contributed by atoms with Gasteiger partial charge in [0.2, 0.25) is 0 Å². The van der Waals surface area contributed by atoms with Crippen LogP contribution in [0.5, 0.6) is 0 Å². The van der Waals surface area contributed by atoms with E-state index in [0.29, 0.717) is 17.5 Å². The summed E-state index contributed by atoms with van der Waals surface area (Å²) in [6.07, 6.45) is 0. The number of hydrogen-bond donors (Lipinski definition) is 0. The summed E-state index contributed by atoms with van der Waals surface area (Å²) in [5, 5.41) is 9.17. The molecule has 0 radical (unpaired) electrons. The highest BCUT2D eigenvalue weighted by Gasteiger charge is 2.22. The maximum Gasteiger partial charge on any atom is 0.164 e. The summed E-state index contributed by atoms with van der Waals surface area (Å²) in [6.45, 7) is 0. The van der Waals surface area contributed by atoms with E-state index in [1.54, 1.807) is 0 Å². The predicted molar refractivity (Wildman–Crippen MR) is 238 cm³/mol. The Bertz CT molecular complexity index is 3510. The monoisotopic (exact) mass is 740 g/mol. The third-order valence-corrected chi connectivity index (χ3v) is 11.4. The number of furan rings is 1. The van der Waals surface area contributed by atoms with Crippen LogP contribution in [0, 0.1) is 0 Å². The van der Waals surface area contributed by atoms with Gasteiger partial charge in [0.25, 0.3) is 0 Å². The molecule has 0 aliphatic carbocycles. The Morgan fingerprint density at radius 3 is 1.71 bits per heavy atom. The fourth-order valence-corrected chi connectivity index (χ4v) is 8.66. The molecular formula is C53H32N4O. The molecule has 0 aliphatic heterocycles. The van der Waals surface area contributed by atoms with Crippen LogP contribution in [0.2, 0.25) is 0 Å². The number of rotatable bonds is 5. The molecule has 0 fully saturated rings. The first kappa shape index (κ1) is 32.4. The number of aromatic nitrogens is 4.